The standard InChI is InChI=1S/C17H25NO/c1-2-10-18-17(16-9-6-11-19-16)15-12-14(15)13-7-4-3-5-8-13/h3-5,7-8,14-18H,2,6,9-12H2,1H3. The second-order valence-electron chi connectivity index (χ2n) is 5.95. The lowest BCUT2D eigenvalue weighted by Gasteiger charge is -2.24. The highest BCUT2D eigenvalue weighted by atomic mass is 16.5. The van der Waals surface area contributed by atoms with Crippen molar-refractivity contribution < 1.29 is 4.74 Å². The fraction of sp³-hybridized carbons (Fsp3) is 0.647. The Morgan fingerprint density at radius 1 is 1.32 bits per heavy atom. The average molecular weight is 259 g/mol. The summed E-state index contributed by atoms with van der Waals surface area (Å²) in [6.45, 7) is 4.31. The van der Waals surface area contributed by atoms with E-state index in [-0.39, 0.29) is 0 Å². The molecule has 1 saturated carbocycles. The molecule has 4 atom stereocenters. The second-order valence-corrected chi connectivity index (χ2v) is 5.95. The van der Waals surface area contributed by atoms with Crippen LogP contribution in [0, 0.1) is 5.92 Å². The Balaban J connectivity index is 1.64. The molecule has 2 nitrogen and oxygen atoms in total. The van der Waals surface area contributed by atoms with Gasteiger partial charge >= 0.3 is 0 Å². The molecule has 1 aromatic rings. The lowest BCUT2D eigenvalue weighted by atomic mass is 9.99. The van der Waals surface area contributed by atoms with Gasteiger partial charge in [-0.25, -0.2) is 0 Å². The van der Waals surface area contributed by atoms with E-state index in [1.54, 1.807) is 0 Å². The number of rotatable bonds is 6. The van der Waals surface area contributed by atoms with E-state index in [4.69, 9.17) is 4.74 Å². The highest BCUT2D eigenvalue weighted by molar-refractivity contribution is 5.27. The van der Waals surface area contributed by atoms with Crippen molar-refractivity contribution in [2.45, 2.75) is 50.7 Å². The van der Waals surface area contributed by atoms with Crippen molar-refractivity contribution in [2.75, 3.05) is 13.2 Å². The molecule has 2 aliphatic rings. The Kier molecular flexibility index (Phi) is 4.19. The maximum Gasteiger partial charge on any atom is 0.0731 e. The van der Waals surface area contributed by atoms with E-state index < -0.39 is 0 Å². The van der Waals surface area contributed by atoms with Gasteiger partial charge in [0.15, 0.2) is 0 Å². The number of benzene rings is 1. The third-order valence-electron chi connectivity index (χ3n) is 4.52. The Labute approximate surface area is 116 Å². The first-order valence-corrected chi connectivity index (χ1v) is 7.80. The lowest BCUT2D eigenvalue weighted by molar-refractivity contribution is 0.0707. The fourth-order valence-corrected chi connectivity index (χ4v) is 3.45. The van der Waals surface area contributed by atoms with Crippen LogP contribution in [-0.2, 0) is 4.74 Å². The Bertz CT molecular complexity index is 386. The first kappa shape index (κ1) is 13.1. The van der Waals surface area contributed by atoms with Crippen LogP contribution in [-0.4, -0.2) is 25.3 Å². The van der Waals surface area contributed by atoms with E-state index >= 15 is 0 Å². The predicted octanol–water partition coefficient (Wildman–Crippen LogP) is 3.34. The molecular formula is C17H25NO. The molecule has 1 aliphatic carbocycles. The molecule has 1 aliphatic heterocycles. The highest BCUT2D eigenvalue weighted by Crippen LogP contribution is 2.51. The molecule has 1 heterocycles. The van der Waals surface area contributed by atoms with Gasteiger partial charge in [-0.2, -0.15) is 0 Å². The van der Waals surface area contributed by atoms with Gasteiger partial charge in [-0.1, -0.05) is 37.3 Å². The van der Waals surface area contributed by atoms with Crippen molar-refractivity contribution in [3.05, 3.63) is 35.9 Å². The van der Waals surface area contributed by atoms with Gasteiger partial charge in [0.25, 0.3) is 0 Å². The molecular weight excluding hydrogens is 234 g/mol. The zero-order valence-electron chi connectivity index (χ0n) is 11.8. The molecule has 0 amide bonds. The summed E-state index contributed by atoms with van der Waals surface area (Å²) < 4.78 is 5.94. The van der Waals surface area contributed by atoms with Crippen LogP contribution in [0.1, 0.15) is 44.1 Å². The van der Waals surface area contributed by atoms with E-state index in [1.165, 1.54) is 31.2 Å². The molecule has 19 heavy (non-hydrogen) atoms. The van der Waals surface area contributed by atoms with Gasteiger partial charge in [0, 0.05) is 12.6 Å². The summed E-state index contributed by atoms with van der Waals surface area (Å²) in [6.07, 6.45) is 5.44. The van der Waals surface area contributed by atoms with Crippen LogP contribution in [0.25, 0.3) is 0 Å². The summed E-state index contributed by atoms with van der Waals surface area (Å²) in [7, 11) is 0. The molecule has 0 spiro atoms. The second kappa shape index (κ2) is 6.06. The van der Waals surface area contributed by atoms with E-state index in [0.717, 1.165) is 25.0 Å². The number of hydrogen-bond donors (Lipinski definition) is 1. The van der Waals surface area contributed by atoms with E-state index in [1.807, 2.05) is 0 Å². The van der Waals surface area contributed by atoms with Crippen LogP contribution >= 0.6 is 0 Å². The van der Waals surface area contributed by atoms with Gasteiger partial charge in [-0.3, -0.25) is 0 Å². The summed E-state index contributed by atoms with van der Waals surface area (Å²) in [5, 5.41) is 3.75. The van der Waals surface area contributed by atoms with Crippen molar-refractivity contribution in [3.8, 4) is 0 Å². The first-order chi connectivity index (χ1) is 9.40. The Morgan fingerprint density at radius 2 is 2.16 bits per heavy atom. The normalized spacial score (nSPS) is 31.3. The minimum Gasteiger partial charge on any atom is -0.377 e. The van der Waals surface area contributed by atoms with Gasteiger partial charge < -0.3 is 10.1 Å². The van der Waals surface area contributed by atoms with Crippen LogP contribution < -0.4 is 5.32 Å². The molecule has 1 N–H and O–H groups in total. The van der Waals surface area contributed by atoms with Crippen LogP contribution in [0.2, 0.25) is 0 Å². The van der Waals surface area contributed by atoms with Crippen LogP contribution in [0.3, 0.4) is 0 Å². The molecule has 4 unspecified atom stereocenters. The van der Waals surface area contributed by atoms with Crippen molar-refractivity contribution in [2.24, 2.45) is 5.92 Å². The smallest absolute Gasteiger partial charge is 0.0731 e. The Morgan fingerprint density at radius 3 is 2.84 bits per heavy atom. The van der Waals surface area contributed by atoms with Gasteiger partial charge in [0.05, 0.1) is 6.10 Å². The monoisotopic (exact) mass is 259 g/mol. The minimum absolute atomic E-state index is 0.449. The van der Waals surface area contributed by atoms with Crippen molar-refractivity contribution >= 4 is 0 Å². The summed E-state index contributed by atoms with van der Waals surface area (Å²) in [6, 6.07) is 11.5. The molecule has 1 saturated heterocycles. The first-order valence-electron chi connectivity index (χ1n) is 7.80. The zero-order valence-corrected chi connectivity index (χ0v) is 11.8. The van der Waals surface area contributed by atoms with Gasteiger partial charge in [-0.15, -0.1) is 0 Å². The summed E-state index contributed by atoms with van der Waals surface area (Å²) in [5.41, 5.74) is 1.51. The summed E-state index contributed by atoms with van der Waals surface area (Å²) >= 11 is 0. The topological polar surface area (TPSA) is 21.3 Å². The molecule has 0 bridgehead atoms. The van der Waals surface area contributed by atoms with E-state index in [2.05, 4.69) is 42.6 Å². The Hall–Kier alpha value is -0.860. The van der Waals surface area contributed by atoms with E-state index in [0.29, 0.717) is 12.1 Å². The highest BCUT2D eigenvalue weighted by Gasteiger charge is 2.47. The quantitative estimate of drug-likeness (QED) is 0.846. The average Bonchev–Trinajstić information content (AvgIpc) is 3.05. The lowest BCUT2D eigenvalue weighted by Crippen LogP contribution is -2.42. The SMILES string of the molecule is CCCNC(C1CCCO1)C1CC1c1ccccc1. The van der Waals surface area contributed by atoms with E-state index in [9.17, 15) is 0 Å². The molecule has 2 heteroatoms. The summed E-state index contributed by atoms with van der Waals surface area (Å²) in [4.78, 5) is 0. The van der Waals surface area contributed by atoms with Gasteiger partial charge in [0.2, 0.25) is 0 Å². The molecule has 0 aromatic heterocycles. The number of nitrogens with one attached hydrogen (secondary N) is 1. The van der Waals surface area contributed by atoms with Crippen molar-refractivity contribution in [1.29, 1.82) is 0 Å². The molecule has 2 fully saturated rings. The van der Waals surface area contributed by atoms with Gasteiger partial charge in [-0.05, 0) is 49.6 Å². The molecule has 1 aromatic carbocycles. The number of hydrogen-bond acceptors (Lipinski definition) is 2. The predicted molar refractivity (Wildman–Crippen MR) is 78.3 cm³/mol. The number of ether oxygens (including phenoxy) is 1. The maximum atomic E-state index is 5.94. The molecule has 0 radical (unpaired) electrons. The fourth-order valence-electron chi connectivity index (χ4n) is 3.45. The van der Waals surface area contributed by atoms with Crippen molar-refractivity contribution in [1.82, 2.24) is 5.32 Å². The minimum atomic E-state index is 0.449. The van der Waals surface area contributed by atoms with Crippen molar-refractivity contribution in [3.63, 3.8) is 0 Å². The third-order valence-corrected chi connectivity index (χ3v) is 4.52. The van der Waals surface area contributed by atoms with Crippen LogP contribution in [0.4, 0.5) is 0 Å². The molecule has 104 valence electrons. The summed E-state index contributed by atoms with van der Waals surface area (Å²) in [5.74, 6) is 1.52. The maximum absolute atomic E-state index is 5.94. The zero-order chi connectivity index (χ0) is 13.1. The largest absolute Gasteiger partial charge is 0.377 e. The van der Waals surface area contributed by atoms with Crippen LogP contribution in [0.15, 0.2) is 30.3 Å². The third kappa shape index (κ3) is 3.01. The van der Waals surface area contributed by atoms with Gasteiger partial charge in [0.1, 0.15) is 0 Å². The van der Waals surface area contributed by atoms with Crippen LogP contribution in [0.5, 0.6) is 0 Å². The molecule has 3 rings (SSSR count).